The third-order valence-corrected chi connectivity index (χ3v) is 3.87. The van der Waals surface area contributed by atoms with Crippen LogP contribution in [0.5, 0.6) is 0 Å². The second-order valence-electron chi connectivity index (χ2n) is 5.54. The predicted octanol–water partition coefficient (Wildman–Crippen LogP) is 3.13. The van der Waals surface area contributed by atoms with Gasteiger partial charge in [0.05, 0.1) is 17.9 Å². The second-order valence-corrected chi connectivity index (χ2v) is 5.54. The molecule has 0 saturated carbocycles. The van der Waals surface area contributed by atoms with Crippen molar-refractivity contribution < 1.29 is 26.7 Å². The zero-order valence-corrected chi connectivity index (χ0v) is 12.1. The normalized spacial score (nSPS) is 21.2. The van der Waals surface area contributed by atoms with Crippen LogP contribution in [0.3, 0.4) is 0 Å². The molecule has 9 heteroatoms. The number of hydrogen-bond acceptors (Lipinski definition) is 3. The van der Waals surface area contributed by atoms with Crippen molar-refractivity contribution in [2.24, 2.45) is 0 Å². The summed E-state index contributed by atoms with van der Waals surface area (Å²) >= 11 is 0. The summed E-state index contributed by atoms with van der Waals surface area (Å²) in [5, 5.41) is 4.94. The third-order valence-electron chi connectivity index (χ3n) is 3.87. The average molecular weight is 345 g/mol. The van der Waals surface area contributed by atoms with Gasteiger partial charge in [0, 0.05) is 5.39 Å². The van der Waals surface area contributed by atoms with Crippen LogP contribution in [0.25, 0.3) is 10.9 Å². The van der Waals surface area contributed by atoms with Crippen LogP contribution in [-0.4, -0.2) is 29.2 Å². The average Bonchev–Trinajstić information content (AvgIpc) is 3.01. The number of nitrogens with one attached hydrogen (secondary N) is 2. The molecule has 0 spiro atoms. The fraction of sp³-hybridized carbons (Fsp3) is 0.333. The Kier molecular flexibility index (Phi) is 4.12. The van der Waals surface area contributed by atoms with Crippen LogP contribution in [0.4, 0.5) is 27.6 Å². The van der Waals surface area contributed by atoms with Crippen molar-refractivity contribution in [3.63, 3.8) is 0 Å². The van der Waals surface area contributed by atoms with Gasteiger partial charge in [-0.3, -0.25) is 15.1 Å². The molecule has 3 rings (SSSR count). The van der Waals surface area contributed by atoms with Crippen LogP contribution in [0, 0.1) is 11.6 Å². The SMILES string of the molecule is O=C(Nc1cnc2c(F)c(F)ccc2c1)[C@@H]1CC[C@H](C(F)(F)F)N1. The molecule has 0 aliphatic carbocycles. The highest BCUT2D eigenvalue weighted by molar-refractivity contribution is 5.96. The summed E-state index contributed by atoms with van der Waals surface area (Å²) in [5.74, 6) is -2.78. The lowest BCUT2D eigenvalue weighted by Gasteiger charge is -2.17. The summed E-state index contributed by atoms with van der Waals surface area (Å²) in [6.45, 7) is 0. The Morgan fingerprint density at radius 3 is 2.67 bits per heavy atom. The lowest BCUT2D eigenvalue weighted by atomic mass is 10.1. The maximum Gasteiger partial charge on any atom is 0.403 e. The number of carbonyl (C=O) groups excluding carboxylic acids is 1. The first kappa shape index (κ1) is 16.6. The van der Waals surface area contributed by atoms with E-state index in [4.69, 9.17) is 0 Å². The molecule has 2 atom stereocenters. The Morgan fingerprint density at radius 2 is 2.00 bits per heavy atom. The minimum absolute atomic E-state index is 0.0524. The van der Waals surface area contributed by atoms with E-state index in [1.165, 1.54) is 12.1 Å². The Morgan fingerprint density at radius 1 is 1.25 bits per heavy atom. The van der Waals surface area contributed by atoms with E-state index in [0.717, 1.165) is 12.3 Å². The summed E-state index contributed by atoms with van der Waals surface area (Å²) in [6.07, 6.45) is -3.40. The second kappa shape index (κ2) is 5.97. The van der Waals surface area contributed by atoms with Crippen molar-refractivity contribution in [2.75, 3.05) is 5.32 Å². The van der Waals surface area contributed by atoms with Crippen LogP contribution in [0.1, 0.15) is 12.8 Å². The minimum atomic E-state index is -4.40. The van der Waals surface area contributed by atoms with E-state index < -0.39 is 35.8 Å². The molecule has 1 aromatic carbocycles. The zero-order chi connectivity index (χ0) is 17.5. The molecule has 2 heterocycles. The van der Waals surface area contributed by atoms with Crippen LogP contribution in [-0.2, 0) is 4.79 Å². The largest absolute Gasteiger partial charge is 0.403 e. The van der Waals surface area contributed by atoms with E-state index in [1.807, 2.05) is 0 Å². The Hall–Kier alpha value is -2.29. The number of nitrogens with zero attached hydrogens (tertiary/aromatic N) is 1. The molecule has 2 aromatic rings. The van der Waals surface area contributed by atoms with Crippen molar-refractivity contribution >= 4 is 22.5 Å². The maximum atomic E-state index is 13.6. The molecule has 0 radical (unpaired) electrons. The maximum absolute atomic E-state index is 13.6. The lowest BCUT2D eigenvalue weighted by molar-refractivity contribution is -0.152. The number of alkyl halides is 3. The highest BCUT2D eigenvalue weighted by Crippen LogP contribution is 2.29. The van der Waals surface area contributed by atoms with Crippen molar-refractivity contribution in [1.29, 1.82) is 0 Å². The fourth-order valence-corrected chi connectivity index (χ4v) is 2.65. The quantitative estimate of drug-likeness (QED) is 0.823. The van der Waals surface area contributed by atoms with E-state index in [0.29, 0.717) is 0 Å². The predicted molar refractivity (Wildman–Crippen MR) is 76.3 cm³/mol. The van der Waals surface area contributed by atoms with Crippen LogP contribution in [0.15, 0.2) is 24.4 Å². The van der Waals surface area contributed by atoms with E-state index in [9.17, 15) is 26.7 Å². The molecule has 128 valence electrons. The number of halogens is 5. The summed E-state index contributed by atoms with van der Waals surface area (Å²) in [5.41, 5.74) is -0.0000994. The number of pyridine rings is 1. The number of rotatable bonds is 2. The van der Waals surface area contributed by atoms with Gasteiger partial charge in [0.2, 0.25) is 5.91 Å². The number of hydrogen-bond donors (Lipinski definition) is 2. The van der Waals surface area contributed by atoms with Gasteiger partial charge in [-0.25, -0.2) is 8.78 Å². The topological polar surface area (TPSA) is 54.0 Å². The molecule has 1 aliphatic heterocycles. The molecule has 1 saturated heterocycles. The van der Waals surface area contributed by atoms with E-state index in [1.54, 1.807) is 0 Å². The highest BCUT2D eigenvalue weighted by atomic mass is 19.4. The number of fused-ring (bicyclic) bond motifs is 1. The van der Waals surface area contributed by atoms with Gasteiger partial charge in [-0.1, -0.05) is 0 Å². The van der Waals surface area contributed by atoms with E-state index >= 15 is 0 Å². The van der Waals surface area contributed by atoms with Gasteiger partial charge in [0.1, 0.15) is 11.6 Å². The van der Waals surface area contributed by atoms with Gasteiger partial charge in [-0.05, 0) is 31.0 Å². The Bertz CT molecular complexity index is 793. The zero-order valence-electron chi connectivity index (χ0n) is 12.1. The summed E-state index contributed by atoms with van der Waals surface area (Å²) in [6, 6.07) is 0.914. The van der Waals surface area contributed by atoms with E-state index in [-0.39, 0.29) is 29.4 Å². The van der Waals surface area contributed by atoms with Crippen molar-refractivity contribution in [1.82, 2.24) is 10.3 Å². The lowest BCUT2D eigenvalue weighted by Crippen LogP contribution is -2.44. The van der Waals surface area contributed by atoms with Crippen molar-refractivity contribution in [2.45, 2.75) is 31.1 Å². The number of anilines is 1. The van der Waals surface area contributed by atoms with Crippen LogP contribution in [0.2, 0.25) is 0 Å². The molecule has 1 amide bonds. The first-order chi connectivity index (χ1) is 11.3. The van der Waals surface area contributed by atoms with Gasteiger partial charge in [-0.2, -0.15) is 13.2 Å². The van der Waals surface area contributed by atoms with Crippen molar-refractivity contribution in [3.8, 4) is 0 Å². The molecule has 1 aromatic heterocycles. The molecular formula is C15H12F5N3O. The molecular weight excluding hydrogens is 333 g/mol. The van der Waals surface area contributed by atoms with Gasteiger partial charge in [0.25, 0.3) is 0 Å². The monoisotopic (exact) mass is 345 g/mol. The number of aromatic nitrogens is 1. The standard InChI is InChI=1S/C15H12F5N3O/c16-9-2-1-7-5-8(6-21-13(7)12(9)17)22-14(24)10-3-4-11(23-10)15(18,19)20/h1-2,5-6,10-11,23H,3-4H2,(H,22,24)/t10-,11+/m0/s1. The van der Waals surface area contributed by atoms with Crippen LogP contribution >= 0.6 is 0 Å². The van der Waals surface area contributed by atoms with Gasteiger partial charge >= 0.3 is 6.18 Å². The fourth-order valence-electron chi connectivity index (χ4n) is 2.65. The smallest absolute Gasteiger partial charge is 0.323 e. The third kappa shape index (κ3) is 3.16. The Labute approximate surface area is 133 Å². The van der Waals surface area contributed by atoms with Gasteiger partial charge in [0.15, 0.2) is 11.6 Å². The summed E-state index contributed by atoms with van der Waals surface area (Å²) in [4.78, 5) is 15.8. The first-order valence-corrected chi connectivity index (χ1v) is 7.13. The molecule has 4 nitrogen and oxygen atoms in total. The number of amides is 1. The minimum Gasteiger partial charge on any atom is -0.323 e. The molecule has 1 fully saturated rings. The molecule has 24 heavy (non-hydrogen) atoms. The van der Waals surface area contributed by atoms with Crippen LogP contribution < -0.4 is 10.6 Å². The van der Waals surface area contributed by atoms with Gasteiger partial charge in [-0.15, -0.1) is 0 Å². The molecule has 0 unspecified atom stereocenters. The summed E-state index contributed by atoms with van der Waals surface area (Å²) in [7, 11) is 0. The van der Waals surface area contributed by atoms with E-state index in [2.05, 4.69) is 15.6 Å². The first-order valence-electron chi connectivity index (χ1n) is 7.13. The highest BCUT2D eigenvalue weighted by Gasteiger charge is 2.45. The number of carbonyl (C=O) groups is 1. The molecule has 1 aliphatic rings. The number of benzene rings is 1. The molecule has 2 N–H and O–H groups in total. The molecule has 0 bridgehead atoms. The Balaban J connectivity index is 1.73. The summed E-state index contributed by atoms with van der Waals surface area (Å²) < 4.78 is 64.5. The van der Waals surface area contributed by atoms with Crippen molar-refractivity contribution in [3.05, 3.63) is 36.0 Å². The van der Waals surface area contributed by atoms with Gasteiger partial charge < -0.3 is 5.32 Å².